The van der Waals surface area contributed by atoms with E-state index in [1.807, 2.05) is 22.2 Å². The molecule has 3 aromatic heterocycles. The lowest BCUT2D eigenvalue weighted by Crippen LogP contribution is -2.41. The SMILES string of the molecule is O=C(NC[C@](O)(c1ccsc1)c1ccco1)c1cc(Br)cs1. The van der Waals surface area contributed by atoms with Crippen LogP contribution in [-0.4, -0.2) is 17.6 Å². The van der Waals surface area contributed by atoms with Crippen LogP contribution in [0.5, 0.6) is 0 Å². The molecule has 22 heavy (non-hydrogen) atoms. The fourth-order valence-electron chi connectivity index (χ4n) is 2.07. The topological polar surface area (TPSA) is 62.5 Å². The Kier molecular flexibility index (Phi) is 4.49. The van der Waals surface area contributed by atoms with Crippen molar-refractivity contribution >= 4 is 44.5 Å². The van der Waals surface area contributed by atoms with Gasteiger partial charge in [-0.05, 0) is 51.0 Å². The summed E-state index contributed by atoms with van der Waals surface area (Å²) in [5, 5.41) is 19.4. The number of thiophene rings is 2. The molecule has 0 spiro atoms. The van der Waals surface area contributed by atoms with E-state index in [4.69, 9.17) is 4.42 Å². The summed E-state index contributed by atoms with van der Waals surface area (Å²) in [6, 6.07) is 6.98. The number of carbonyl (C=O) groups is 1. The van der Waals surface area contributed by atoms with Crippen molar-refractivity contribution in [2.75, 3.05) is 6.54 Å². The Bertz CT molecular complexity index is 715. The zero-order chi connectivity index (χ0) is 15.6. The average Bonchev–Trinajstić information content (AvgIpc) is 3.24. The molecule has 0 aliphatic rings. The summed E-state index contributed by atoms with van der Waals surface area (Å²) in [6.07, 6.45) is 1.50. The summed E-state index contributed by atoms with van der Waals surface area (Å²) in [5.41, 5.74) is -0.687. The molecule has 1 amide bonds. The molecule has 4 nitrogen and oxygen atoms in total. The predicted molar refractivity (Wildman–Crippen MR) is 90.4 cm³/mol. The maximum absolute atomic E-state index is 12.2. The van der Waals surface area contributed by atoms with Crippen LogP contribution in [-0.2, 0) is 5.60 Å². The largest absolute Gasteiger partial charge is 0.466 e. The predicted octanol–water partition coefficient (Wildman–Crippen LogP) is 3.83. The van der Waals surface area contributed by atoms with Gasteiger partial charge < -0.3 is 14.8 Å². The molecule has 0 saturated carbocycles. The molecule has 0 bridgehead atoms. The van der Waals surface area contributed by atoms with Gasteiger partial charge >= 0.3 is 0 Å². The maximum atomic E-state index is 12.2. The van der Waals surface area contributed by atoms with E-state index >= 15 is 0 Å². The van der Waals surface area contributed by atoms with Crippen LogP contribution in [0.1, 0.15) is 21.0 Å². The Hall–Kier alpha value is -1.41. The third kappa shape index (κ3) is 3.03. The van der Waals surface area contributed by atoms with Crippen LogP contribution in [0.3, 0.4) is 0 Å². The van der Waals surface area contributed by atoms with E-state index in [2.05, 4.69) is 21.2 Å². The Labute approximate surface area is 143 Å². The summed E-state index contributed by atoms with van der Waals surface area (Å²) >= 11 is 6.14. The second-order valence-electron chi connectivity index (χ2n) is 4.66. The molecular weight excluding hydrogens is 386 g/mol. The van der Waals surface area contributed by atoms with E-state index in [1.165, 1.54) is 28.9 Å². The van der Waals surface area contributed by atoms with Crippen molar-refractivity contribution in [1.29, 1.82) is 0 Å². The van der Waals surface area contributed by atoms with Gasteiger partial charge in [-0.15, -0.1) is 11.3 Å². The number of halogens is 1. The van der Waals surface area contributed by atoms with E-state index in [-0.39, 0.29) is 12.5 Å². The van der Waals surface area contributed by atoms with Crippen molar-refractivity contribution in [2.24, 2.45) is 0 Å². The van der Waals surface area contributed by atoms with Gasteiger partial charge in [0.15, 0.2) is 5.60 Å². The lowest BCUT2D eigenvalue weighted by Gasteiger charge is -2.25. The molecule has 1 atom stereocenters. The maximum Gasteiger partial charge on any atom is 0.261 e. The standard InChI is InChI=1S/C15H12BrNO3S2/c16-11-6-12(22-8-11)14(18)17-9-15(19,10-3-5-21-7-10)13-2-1-4-20-13/h1-8,19H,9H2,(H,17,18)/t15-/m0/s1. The van der Waals surface area contributed by atoms with Crippen molar-refractivity contribution in [3.63, 3.8) is 0 Å². The molecule has 3 heterocycles. The second kappa shape index (κ2) is 6.37. The van der Waals surface area contributed by atoms with Gasteiger partial charge in [0.05, 0.1) is 17.7 Å². The van der Waals surface area contributed by atoms with Crippen LogP contribution in [0, 0.1) is 0 Å². The number of furan rings is 1. The first-order chi connectivity index (χ1) is 10.6. The minimum atomic E-state index is -1.38. The van der Waals surface area contributed by atoms with Gasteiger partial charge in [0.2, 0.25) is 0 Å². The van der Waals surface area contributed by atoms with Gasteiger partial charge in [-0.25, -0.2) is 0 Å². The third-order valence-electron chi connectivity index (χ3n) is 3.22. The molecule has 3 aromatic rings. The van der Waals surface area contributed by atoms with E-state index in [0.717, 1.165) is 4.47 Å². The zero-order valence-corrected chi connectivity index (χ0v) is 14.5. The quantitative estimate of drug-likeness (QED) is 0.687. The number of hydrogen-bond acceptors (Lipinski definition) is 5. The first kappa shape index (κ1) is 15.5. The minimum Gasteiger partial charge on any atom is -0.466 e. The molecule has 0 unspecified atom stereocenters. The van der Waals surface area contributed by atoms with Gasteiger partial charge in [-0.1, -0.05) is 0 Å². The van der Waals surface area contributed by atoms with Crippen LogP contribution < -0.4 is 5.32 Å². The first-order valence-corrected chi connectivity index (χ1v) is 9.02. The number of hydrogen-bond donors (Lipinski definition) is 2. The number of nitrogens with one attached hydrogen (secondary N) is 1. The molecular formula is C15H12BrNO3S2. The Balaban J connectivity index is 1.81. The summed E-state index contributed by atoms with van der Waals surface area (Å²) in [6.45, 7) is 0.0333. The summed E-state index contributed by atoms with van der Waals surface area (Å²) in [4.78, 5) is 12.8. The molecule has 0 radical (unpaired) electrons. The number of rotatable bonds is 5. The molecule has 0 aliphatic carbocycles. The Morgan fingerprint density at radius 2 is 2.27 bits per heavy atom. The summed E-state index contributed by atoms with van der Waals surface area (Å²) in [5.74, 6) is 0.175. The van der Waals surface area contributed by atoms with Gasteiger partial charge in [0, 0.05) is 15.4 Å². The highest BCUT2D eigenvalue weighted by molar-refractivity contribution is 9.10. The van der Waals surface area contributed by atoms with E-state index in [1.54, 1.807) is 18.2 Å². The van der Waals surface area contributed by atoms with Crippen molar-refractivity contribution in [3.8, 4) is 0 Å². The second-order valence-corrected chi connectivity index (χ2v) is 7.27. The highest BCUT2D eigenvalue weighted by atomic mass is 79.9. The van der Waals surface area contributed by atoms with Crippen molar-refractivity contribution in [3.05, 3.63) is 67.3 Å². The van der Waals surface area contributed by atoms with Crippen molar-refractivity contribution < 1.29 is 14.3 Å². The van der Waals surface area contributed by atoms with Crippen LogP contribution in [0.2, 0.25) is 0 Å². The monoisotopic (exact) mass is 397 g/mol. The fraction of sp³-hybridized carbons (Fsp3) is 0.133. The third-order valence-corrected chi connectivity index (χ3v) is 5.60. The molecule has 0 fully saturated rings. The highest BCUT2D eigenvalue weighted by Gasteiger charge is 2.35. The molecule has 0 aliphatic heterocycles. The molecule has 0 aromatic carbocycles. The average molecular weight is 398 g/mol. The summed E-state index contributed by atoms with van der Waals surface area (Å²) < 4.78 is 6.23. The lowest BCUT2D eigenvalue weighted by molar-refractivity contribution is 0.0530. The van der Waals surface area contributed by atoms with Crippen LogP contribution in [0.25, 0.3) is 0 Å². The minimum absolute atomic E-state index is 0.0333. The molecule has 114 valence electrons. The normalized spacial score (nSPS) is 13.7. The summed E-state index contributed by atoms with van der Waals surface area (Å²) in [7, 11) is 0. The van der Waals surface area contributed by atoms with E-state index < -0.39 is 5.60 Å². The van der Waals surface area contributed by atoms with Crippen LogP contribution >= 0.6 is 38.6 Å². The van der Waals surface area contributed by atoms with E-state index in [0.29, 0.717) is 16.2 Å². The van der Waals surface area contributed by atoms with Crippen molar-refractivity contribution in [1.82, 2.24) is 5.32 Å². The zero-order valence-electron chi connectivity index (χ0n) is 11.3. The Morgan fingerprint density at radius 3 is 2.86 bits per heavy atom. The van der Waals surface area contributed by atoms with Gasteiger partial charge in [-0.2, -0.15) is 11.3 Å². The van der Waals surface area contributed by atoms with Gasteiger partial charge in [0.1, 0.15) is 5.76 Å². The molecule has 2 N–H and O–H groups in total. The van der Waals surface area contributed by atoms with Crippen LogP contribution in [0.15, 0.2) is 55.6 Å². The Morgan fingerprint density at radius 1 is 1.41 bits per heavy atom. The van der Waals surface area contributed by atoms with Gasteiger partial charge in [-0.3, -0.25) is 4.79 Å². The smallest absolute Gasteiger partial charge is 0.261 e. The van der Waals surface area contributed by atoms with Crippen molar-refractivity contribution in [2.45, 2.75) is 5.60 Å². The number of amides is 1. The molecule has 0 saturated heterocycles. The van der Waals surface area contributed by atoms with Crippen LogP contribution in [0.4, 0.5) is 0 Å². The van der Waals surface area contributed by atoms with E-state index in [9.17, 15) is 9.90 Å². The first-order valence-electron chi connectivity index (χ1n) is 6.41. The number of aliphatic hydroxyl groups is 1. The number of carbonyl (C=O) groups excluding carboxylic acids is 1. The molecule has 3 rings (SSSR count). The molecule has 7 heteroatoms. The van der Waals surface area contributed by atoms with Gasteiger partial charge in [0.25, 0.3) is 5.91 Å². The highest BCUT2D eigenvalue weighted by Crippen LogP contribution is 2.31. The fourth-order valence-corrected chi connectivity index (χ4v) is 4.14. The lowest BCUT2D eigenvalue weighted by atomic mass is 9.93.